The lowest BCUT2D eigenvalue weighted by Gasteiger charge is -2.14. The number of hydrogen-bond donors (Lipinski definition) is 2. The second kappa shape index (κ2) is 9.58. The summed E-state index contributed by atoms with van der Waals surface area (Å²) in [5.41, 5.74) is 0.887. The Bertz CT molecular complexity index is 692. The molecule has 2 N–H and O–H groups in total. The third-order valence-electron chi connectivity index (χ3n) is 3.19. The number of anilines is 2. The minimum Gasteiger partial charge on any atom is -0.489 e. The van der Waals surface area contributed by atoms with Gasteiger partial charge in [-0.05, 0) is 38.5 Å². The van der Waals surface area contributed by atoms with Crippen LogP contribution < -0.4 is 15.4 Å². The predicted molar refractivity (Wildman–Crippen MR) is 97.2 cm³/mol. The number of methoxy groups -OCH3 is 1. The zero-order chi connectivity index (χ0) is 18.1. The van der Waals surface area contributed by atoms with Gasteiger partial charge in [0.1, 0.15) is 11.4 Å². The molecule has 0 aliphatic rings. The number of nitrogens with one attached hydrogen (secondary N) is 2. The van der Waals surface area contributed by atoms with Crippen LogP contribution in [0, 0.1) is 0 Å². The summed E-state index contributed by atoms with van der Waals surface area (Å²) < 4.78 is 10.7. The molecule has 25 heavy (non-hydrogen) atoms. The first-order valence-corrected chi connectivity index (χ1v) is 8.23. The Morgan fingerprint density at radius 1 is 1.24 bits per heavy atom. The van der Waals surface area contributed by atoms with Crippen LogP contribution in [0.2, 0.25) is 0 Å². The fourth-order valence-corrected chi connectivity index (χ4v) is 2.10. The van der Waals surface area contributed by atoms with E-state index < -0.39 is 0 Å². The van der Waals surface area contributed by atoms with Gasteiger partial charge in [-0.15, -0.1) is 0 Å². The second-order valence-corrected chi connectivity index (χ2v) is 5.66. The van der Waals surface area contributed by atoms with Gasteiger partial charge in [-0.3, -0.25) is 4.79 Å². The maximum absolute atomic E-state index is 12.5. The molecule has 0 atom stereocenters. The number of hydrogen-bond acceptors (Lipinski definition) is 6. The first kappa shape index (κ1) is 18.7. The minimum absolute atomic E-state index is 0.0139. The van der Waals surface area contributed by atoms with E-state index in [1.54, 1.807) is 25.4 Å². The molecule has 1 amide bonds. The molecule has 1 aromatic heterocycles. The van der Waals surface area contributed by atoms with Crippen LogP contribution in [0.4, 0.5) is 11.6 Å². The number of para-hydroxylation sites is 2. The first-order chi connectivity index (χ1) is 12.1. The number of amides is 1. The number of carbonyl (C=O) groups excluding carboxylic acids is 1. The van der Waals surface area contributed by atoms with E-state index in [1.807, 2.05) is 32.0 Å². The van der Waals surface area contributed by atoms with Crippen LogP contribution in [0.15, 0.2) is 36.5 Å². The lowest BCUT2D eigenvalue weighted by Crippen LogP contribution is -2.17. The summed E-state index contributed by atoms with van der Waals surface area (Å²) in [5.74, 6) is 0.718. The lowest BCUT2D eigenvalue weighted by atomic mass is 10.2. The predicted octanol–water partition coefficient (Wildman–Crippen LogP) is 2.96. The molecule has 0 unspecified atom stereocenters. The van der Waals surface area contributed by atoms with Gasteiger partial charge >= 0.3 is 0 Å². The van der Waals surface area contributed by atoms with Gasteiger partial charge < -0.3 is 20.1 Å². The van der Waals surface area contributed by atoms with Crippen molar-refractivity contribution in [3.8, 4) is 5.75 Å². The van der Waals surface area contributed by atoms with Crippen LogP contribution in [0.25, 0.3) is 0 Å². The molecule has 0 aliphatic heterocycles. The fraction of sp³-hybridized carbons (Fsp3) is 0.389. The highest BCUT2D eigenvalue weighted by Gasteiger charge is 2.12. The van der Waals surface area contributed by atoms with Gasteiger partial charge in [-0.1, -0.05) is 12.1 Å². The van der Waals surface area contributed by atoms with E-state index in [2.05, 4.69) is 20.6 Å². The summed E-state index contributed by atoms with van der Waals surface area (Å²) in [7, 11) is 1.66. The Labute approximate surface area is 147 Å². The Morgan fingerprint density at radius 3 is 2.80 bits per heavy atom. The van der Waals surface area contributed by atoms with E-state index in [0.29, 0.717) is 30.5 Å². The maximum Gasteiger partial charge on any atom is 0.274 e. The normalized spacial score (nSPS) is 10.6. The Balaban J connectivity index is 2.04. The Kier molecular flexibility index (Phi) is 7.16. The number of ether oxygens (including phenoxy) is 2. The zero-order valence-corrected chi connectivity index (χ0v) is 14.8. The van der Waals surface area contributed by atoms with Crippen LogP contribution in [0.5, 0.6) is 5.75 Å². The quantitative estimate of drug-likeness (QED) is 0.680. The van der Waals surface area contributed by atoms with Crippen molar-refractivity contribution >= 4 is 17.5 Å². The molecule has 1 heterocycles. The van der Waals surface area contributed by atoms with Gasteiger partial charge in [0.15, 0.2) is 0 Å². The average Bonchev–Trinajstić information content (AvgIpc) is 2.60. The third-order valence-corrected chi connectivity index (χ3v) is 3.19. The Hall–Kier alpha value is -2.67. The molecular formula is C18H24N4O3. The van der Waals surface area contributed by atoms with E-state index in [9.17, 15) is 4.79 Å². The van der Waals surface area contributed by atoms with Crippen molar-refractivity contribution in [3.05, 3.63) is 42.2 Å². The smallest absolute Gasteiger partial charge is 0.274 e. The molecule has 0 saturated heterocycles. The number of rotatable bonds is 9. The van der Waals surface area contributed by atoms with E-state index in [4.69, 9.17) is 9.47 Å². The van der Waals surface area contributed by atoms with Gasteiger partial charge in [0, 0.05) is 26.5 Å². The van der Waals surface area contributed by atoms with Crippen molar-refractivity contribution in [2.45, 2.75) is 26.4 Å². The number of benzene rings is 1. The molecule has 7 nitrogen and oxygen atoms in total. The van der Waals surface area contributed by atoms with Crippen molar-refractivity contribution in [2.24, 2.45) is 0 Å². The highest BCUT2D eigenvalue weighted by Crippen LogP contribution is 2.25. The summed E-state index contributed by atoms with van der Waals surface area (Å²) in [6.07, 6.45) is 2.40. The lowest BCUT2D eigenvalue weighted by molar-refractivity contribution is 0.102. The summed E-state index contributed by atoms with van der Waals surface area (Å²) in [6.45, 7) is 5.19. The van der Waals surface area contributed by atoms with Gasteiger partial charge in [-0.2, -0.15) is 0 Å². The number of nitrogens with zero attached hydrogens (tertiary/aromatic N) is 2. The van der Waals surface area contributed by atoms with Gasteiger partial charge in [-0.25, -0.2) is 9.97 Å². The number of carbonyl (C=O) groups is 1. The molecule has 134 valence electrons. The van der Waals surface area contributed by atoms with Gasteiger partial charge in [0.05, 0.1) is 11.8 Å². The largest absolute Gasteiger partial charge is 0.489 e. The average molecular weight is 344 g/mol. The molecule has 1 aromatic carbocycles. The fourth-order valence-electron chi connectivity index (χ4n) is 2.10. The SMILES string of the molecule is COCCCNc1nccc(C(=O)Nc2ccccc2OC(C)C)n1. The van der Waals surface area contributed by atoms with Crippen molar-refractivity contribution in [2.75, 3.05) is 30.9 Å². The molecule has 0 radical (unpaired) electrons. The minimum atomic E-state index is -0.317. The van der Waals surface area contributed by atoms with E-state index in [0.717, 1.165) is 6.42 Å². The summed E-state index contributed by atoms with van der Waals surface area (Å²) >= 11 is 0. The molecule has 0 spiro atoms. The topological polar surface area (TPSA) is 85.4 Å². The van der Waals surface area contributed by atoms with Crippen molar-refractivity contribution in [1.29, 1.82) is 0 Å². The van der Waals surface area contributed by atoms with Crippen LogP contribution in [0.1, 0.15) is 30.8 Å². The third kappa shape index (κ3) is 6.04. The zero-order valence-electron chi connectivity index (χ0n) is 14.8. The summed E-state index contributed by atoms with van der Waals surface area (Å²) in [5, 5.41) is 5.90. The van der Waals surface area contributed by atoms with Crippen LogP contribution >= 0.6 is 0 Å². The summed E-state index contributed by atoms with van der Waals surface area (Å²) in [6, 6.07) is 8.88. The van der Waals surface area contributed by atoms with Crippen molar-refractivity contribution in [1.82, 2.24) is 9.97 Å². The molecule has 7 heteroatoms. The van der Waals surface area contributed by atoms with Crippen molar-refractivity contribution < 1.29 is 14.3 Å². The molecule has 2 rings (SSSR count). The molecule has 0 saturated carbocycles. The molecule has 0 aliphatic carbocycles. The first-order valence-electron chi connectivity index (χ1n) is 8.23. The van der Waals surface area contributed by atoms with Gasteiger partial charge in [0.2, 0.25) is 5.95 Å². The summed E-state index contributed by atoms with van der Waals surface area (Å²) in [4.78, 5) is 20.8. The van der Waals surface area contributed by atoms with E-state index in [1.165, 1.54) is 0 Å². The van der Waals surface area contributed by atoms with E-state index >= 15 is 0 Å². The highest BCUT2D eigenvalue weighted by atomic mass is 16.5. The number of aromatic nitrogens is 2. The van der Waals surface area contributed by atoms with Crippen LogP contribution in [-0.4, -0.2) is 42.2 Å². The monoisotopic (exact) mass is 344 g/mol. The highest BCUT2D eigenvalue weighted by molar-refractivity contribution is 6.03. The van der Waals surface area contributed by atoms with E-state index in [-0.39, 0.29) is 17.7 Å². The van der Waals surface area contributed by atoms with Crippen LogP contribution in [0.3, 0.4) is 0 Å². The Morgan fingerprint density at radius 2 is 2.04 bits per heavy atom. The standard InChI is InChI=1S/C18H24N4O3/c1-13(2)25-16-8-5-4-7-14(16)21-17(23)15-9-11-20-18(22-15)19-10-6-12-24-3/h4-5,7-9,11,13H,6,10,12H2,1-3H3,(H,21,23)(H,19,20,22). The van der Waals surface area contributed by atoms with Crippen molar-refractivity contribution in [3.63, 3.8) is 0 Å². The van der Waals surface area contributed by atoms with Gasteiger partial charge in [0.25, 0.3) is 5.91 Å². The molecular weight excluding hydrogens is 320 g/mol. The maximum atomic E-state index is 12.5. The second-order valence-electron chi connectivity index (χ2n) is 5.66. The molecule has 0 bridgehead atoms. The molecule has 2 aromatic rings. The van der Waals surface area contributed by atoms with Crippen LogP contribution in [-0.2, 0) is 4.74 Å². The molecule has 0 fully saturated rings.